The van der Waals surface area contributed by atoms with Gasteiger partial charge >= 0.3 is 0 Å². The van der Waals surface area contributed by atoms with Crippen molar-refractivity contribution in [1.82, 2.24) is 9.88 Å². The molecule has 1 aromatic heterocycles. The van der Waals surface area contributed by atoms with Gasteiger partial charge in [0.05, 0.1) is 0 Å². The third-order valence-electron chi connectivity index (χ3n) is 1.80. The highest BCUT2D eigenvalue weighted by atomic mass is 35.5. The number of rotatable bonds is 4. The third kappa shape index (κ3) is 3.03. The largest absolute Gasteiger partial charge is 0.349 e. The molecule has 3 nitrogen and oxygen atoms in total. The van der Waals surface area contributed by atoms with E-state index >= 15 is 0 Å². The molecule has 0 amide bonds. The molecule has 0 atom stereocenters. The second-order valence-electron chi connectivity index (χ2n) is 3.41. The first-order valence-electron chi connectivity index (χ1n) is 4.34. The smallest absolute Gasteiger partial charge is 0.111 e. The minimum Gasteiger partial charge on any atom is -0.349 e. The number of nitrogens with two attached hydrogens (primary N) is 1. The van der Waals surface area contributed by atoms with Gasteiger partial charge in [0.25, 0.3) is 0 Å². The zero-order valence-electron chi connectivity index (χ0n) is 8.10. The fourth-order valence-corrected chi connectivity index (χ4v) is 1.51. The highest BCUT2D eigenvalue weighted by Gasteiger charge is 2.05. The maximum absolute atomic E-state index is 6.00. The minimum absolute atomic E-state index is 0.651. The van der Waals surface area contributed by atoms with E-state index in [1.165, 1.54) is 0 Å². The summed E-state index contributed by atoms with van der Waals surface area (Å²) in [5, 5.41) is 0.733. The van der Waals surface area contributed by atoms with Crippen LogP contribution >= 0.6 is 11.6 Å². The van der Waals surface area contributed by atoms with Crippen molar-refractivity contribution in [2.24, 2.45) is 5.73 Å². The quantitative estimate of drug-likeness (QED) is 0.770. The average molecular weight is 202 g/mol. The Hall–Kier alpha value is -0.510. The van der Waals surface area contributed by atoms with Gasteiger partial charge in [-0.1, -0.05) is 11.6 Å². The molecule has 0 radical (unpaired) electrons. The number of hydrogen-bond donors (Lipinski definition) is 2. The SMILES string of the molecule is CN(C)Cc1cc(CCN)[nH]c1Cl. The van der Waals surface area contributed by atoms with Crippen LogP contribution in [0.1, 0.15) is 11.3 Å². The van der Waals surface area contributed by atoms with Crippen molar-refractivity contribution in [3.63, 3.8) is 0 Å². The lowest BCUT2D eigenvalue weighted by molar-refractivity contribution is 0.403. The molecule has 0 aromatic carbocycles. The van der Waals surface area contributed by atoms with Crippen LogP contribution in [0.2, 0.25) is 5.15 Å². The molecule has 1 rings (SSSR count). The molecule has 3 N–H and O–H groups in total. The number of nitrogens with zero attached hydrogens (tertiary/aromatic N) is 1. The standard InChI is InChI=1S/C9H16ClN3/c1-13(2)6-7-5-8(3-4-11)12-9(7)10/h5,12H,3-4,6,11H2,1-2H3. The predicted octanol–water partition coefficient (Wildman–Crippen LogP) is 1.23. The minimum atomic E-state index is 0.651. The van der Waals surface area contributed by atoms with Gasteiger partial charge in [-0.15, -0.1) is 0 Å². The summed E-state index contributed by atoms with van der Waals surface area (Å²) in [5.41, 5.74) is 7.70. The Morgan fingerprint density at radius 1 is 1.54 bits per heavy atom. The molecule has 1 heterocycles. The molecule has 0 spiro atoms. The second-order valence-corrected chi connectivity index (χ2v) is 3.79. The summed E-state index contributed by atoms with van der Waals surface area (Å²) in [6, 6.07) is 2.08. The van der Waals surface area contributed by atoms with E-state index < -0.39 is 0 Å². The van der Waals surface area contributed by atoms with Crippen LogP contribution in [-0.2, 0) is 13.0 Å². The summed E-state index contributed by atoms with van der Waals surface area (Å²) in [6.07, 6.45) is 0.854. The van der Waals surface area contributed by atoms with Crippen LogP contribution in [0.25, 0.3) is 0 Å². The lowest BCUT2D eigenvalue weighted by Gasteiger charge is -2.07. The molecule has 74 valence electrons. The molecule has 0 saturated heterocycles. The topological polar surface area (TPSA) is 45.0 Å². The van der Waals surface area contributed by atoms with Crippen molar-refractivity contribution in [1.29, 1.82) is 0 Å². The summed E-state index contributed by atoms with van der Waals surface area (Å²) in [6.45, 7) is 1.51. The van der Waals surface area contributed by atoms with Gasteiger partial charge in [0.15, 0.2) is 0 Å². The molecule has 4 heteroatoms. The summed E-state index contributed by atoms with van der Waals surface area (Å²) in [7, 11) is 4.04. The van der Waals surface area contributed by atoms with Gasteiger partial charge in [-0.2, -0.15) is 0 Å². The van der Waals surface area contributed by atoms with E-state index in [-0.39, 0.29) is 0 Å². The Bertz CT molecular complexity index is 268. The maximum Gasteiger partial charge on any atom is 0.111 e. The summed E-state index contributed by atoms with van der Waals surface area (Å²) in [4.78, 5) is 5.19. The van der Waals surface area contributed by atoms with Gasteiger partial charge < -0.3 is 15.6 Å². The van der Waals surface area contributed by atoms with E-state index in [0.29, 0.717) is 6.54 Å². The molecule has 0 aliphatic rings. The molecule has 0 unspecified atom stereocenters. The number of aromatic nitrogens is 1. The van der Waals surface area contributed by atoms with Crippen molar-refractivity contribution in [2.75, 3.05) is 20.6 Å². The van der Waals surface area contributed by atoms with Crippen LogP contribution in [0, 0.1) is 0 Å². The molecule has 0 aliphatic carbocycles. The van der Waals surface area contributed by atoms with Gasteiger partial charge in [-0.25, -0.2) is 0 Å². The number of hydrogen-bond acceptors (Lipinski definition) is 2. The number of halogens is 1. The van der Waals surface area contributed by atoms with Crippen LogP contribution in [0.5, 0.6) is 0 Å². The van der Waals surface area contributed by atoms with Gasteiger partial charge in [0, 0.05) is 17.8 Å². The van der Waals surface area contributed by atoms with Gasteiger partial charge in [-0.05, 0) is 33.1 Å². The van der Waals surface area contributed by atoms with E-state index in [1.807, 2.05) is 14.1 Å². The van der Waals surface area contributed by atoms with E-state index in [0.717, 1.165) is 29.4 Å². The zero-order chi connectivity index (χ0) is 9.84. The van der Waals surface area contributed by atoms with Gasteiger partial charge in [0.2, 0.25) is 0 Å². The second kappa shape index (κ2) is 4.65. The summed E-state index contributed by atoms with van der Waals surface area (Å²) in [5.74, 6) is 0. The first-order chi connectivity index (χ1) is 6.13. The van der Waals surface area contributed by atoms with Crippen LogP contribution in [0.3, 0.4) is 0 Å². The molecule has 0 bridgehead atoms. The molecule has 13 heavy (non-hydrogen) atoms. The molecule has 0 fully saturated rings. The highest BCUT2D eigenvalue weighted by Crippen LogP contribution is 2.17. The van der Waals surface area contributed by atoms with Crippen LogP contribution < -0.4 is 5.73 Å². The molecule has 0 aliphatic heterocycles. The Morgan fingerprint density at radius 3 is 2.77 bits per heavy atom. The number of aromatic amines is 1. The Morgan fingerprint density at radius 2 is 2.23 bits per heavy atom. The van der Waals surface area contributed by atoms with Crippen molar-refractivity contribution in [3.05, 3.63) is 22.5 Å². The van der Waals surface area contributed by atoms with Gasteiger partial charge in [0.1, 0.15) is 5.15 Å². The van der Waals surface area contributed by atoms with Crippen molar-refractivity contribution in [2.45, 2.75) is 13.0 Å². The molecule has 0 saturated carbocycles. The third-order valence-corrected chi connectivity index (χ3v) is 2.14. The zero-order valence-corrected chi connectivity index (χ0v) is 8.86. The molecule has 1 aromatic rings. The Balaban J connectivity index is 2.71. The monoisotopic (exact) mass is 201 g/mol. The van der Waals surface area contributed by atoms with Crippen molar-refractivity contribution < 1.29 is 0 Å². The predicted molar refractivity (Wildman–Crippen MR) is 56.0 cm³/mol. The first-order valence-corrected chi connectivity index (χ1v) is 4.72. The lowest BCUT2D eigenvalue weighted by Crippen LogP contribution is -2.10. The lowest BCUT2D eigenvalue weighted by atomic mass is 10.2. The Kier molecular flexibility index (Phi) is 3.78. The van der Waals surface area contributed by atoms with Crippen LogP contribution in [-0.4, -0.2) is 30.5 Å². The maximum atomic E-state index is 6.00. The Labute approximate surface area is 83.9 Å². The van der Waals surface area contributed by atoms with Crippen molar-refractivity contribution in [3.8, 4) is 0 Å². The molecular formula is C9H16ClN3. The summed E-state index contributed by atoms with van der Waals surface area (Å²) >= 11 is 6.00. The van der Waals surface area contributed by atoms with E-state index in [9.17, 15) is 0 Å². The van der Waals surface area contributed by atoms with Crippen LogP contribution in [0.15, 0.2) is 6.07 Å². The van der Waals surface area contributed by atoms with Crippen LogP contribution in [0.4, 0.5) is 0 Å². The first kappa shape index (κ1) is 10.6. The van der Waals surface area contributed by atoms with Crippen molar-refractivity contribution >= 4 is 11.6 Å². The fourth-order valence-electron chi connectivity index (χ4n) is 1.28. The molecular weight excluding hydrogens is 186 g/mol. The fraction of sp³-hybridized carbons (Fsp3) is 0.556. The summed E-state index contributed by atoms with van der Waals surface area (Å²) < 4.78 is 0. The van der Waals surface area contributed by atoms with E-state index in [4.69, 9.17) is 17.3 Å². The van der Waals surface area contributed by atoms with E-state index in [1.54, 1.807) is 0 Å². The normalized spacial score (nSPS) is 11.2. The number of H-pyrrole nitrogens is 1. The van der Waals surface area contributed by atoms with Gasteiger partial charge in [-0.3, -0.25) is 0 Å². The average Bonchev–Trinajstić information content (AvgIpc) is 2.31. The highest BCUT2D eigenvalue weighted by molar-refractivity contribution is 6.30. The number of nitrogens with one attached hydrogen (secondary N) is 1. The van der Waals surface area contributed by atoms with E-state index in [2.05, 4.69) is 16.0 Å².